The van der Waals surface area contributed by atoms with Crippen LogP contribution in [0.4, 0.5) is 5.69 Å². The molecule has 1 aromatic rings. The molecule has 0 saturated carbocycles. The van der Waals surface area contributed by atoms with E-state index in [1.54, 1.807) is 12.1 Å². The summed E-state index contributed by atoms with van der Waals surface area (Å²) in [4.78, 5) is 10.5. The van der Waals surface area contributed by atoms with E-state index in [0.29, 0.717) is 24.2 Å². The van der Waals surface area contributed by atoms with Gasteiger partial charge < -0.3 is 5.11 Å². The number of rotatable bonds is 3. The van der Waals surface area contributed by atoms with Crippen molar-refractivity contribution in [1.82, 2.24) is 0 Å². The number of aliphatic carboxylic acids is 1. The fourth-order valence-electron chi connectivity index (χ4n) is 2.13. The predicted molar refractivity (Wildman–Crippen MR) is 73.6 cm³/mol. The van der Waals surface area contributed by atoms with E-state index in [4.69, 9.17) is 5.11 Å². The van der Waals surface area contributed by atoms with Crippen LogP contribution >= 0.6 is 0 Å². The molecule has 1 heterocycles. The molecule has 0 spiro atoms. The second-order valence-corrected chi connectivity index (χ2v) is 6.53. The lowest BCUT2D eigenvalue weighted by atomic mass is 10.1. The van der Waals surface area contributed by atoms with E-state index in [1.807, 2.05) is 13.0 Å². The molecule has 0 bridgehead atoms. The quantitative estimate of drug-likeness (QED) is 0.855. The lowest BCUT2D eigenvalue weighted by molar-refractivity contribution is -0.131. The molecule has 2 rings (SSSR count). The van der Waals surface area contributed by atoms with Crippen molar-refractivity contribution < 1.29 is 18.3 Å². The van der Waals surface area contributed by atoms with Crippen LogP contribution in [0, 0.1) is 6.92 Å². The Morgan fingerprint density at radius 1 is 1.37 bits per heavy atom. The molecular formula is C13H15NO4S. The van der Waals surface area contributed by atoms with Gasteiger partial charge in [0.2, 0.25) is 10.0 Å². The third-order valence-corrected chi connectivity index (χ3v) is 4.76. The number of hydrogen-bond acceptors (Lipinski definition) is 3. The molecule has 0 radical (unpaired) electrons. The van der Waals surface area contributed by atoms with Gasteiger partial charge in [-0.05, 0) is 42.7 Å². The first-order valence-electron chi connectivity index (χ1n) is 5.91. The molecule has 1 N–H and O–H groups in total. The summed E-state index contributed by atoms with van der Waals surface area (Å²) >= 11 is 0. The van der Waals surface area contributed by atoms with Gasteiger partial charge in [0, 0.05) is 12.6 Å². The van der Waals surface area contributed by atoms with Gasteiger partial charge >= 0.3 is 5.97 Å². The largest absolute Gasteiger partial charge is 0.478 e. The number of carbonyl (C=O) groups is 1. The van der Waals surface area contributed by atoms with Gasteiger partial charge in [-0.15, -0.1) is 0 Å². The topological polar surface area (TPSA) is 74.7 Å². The van der Waals surface area contributed by atoms with Crippen LogP contribution in [-0.2, 0) is 14.8 Å². The molecule has 0 aromatic heterocycles. The zero-order valence-corrected chi connectivity index (χ0v) is 11.4. The maximum Gasteiger partial charge on any atom is 0.328 e. The minimum Gasteiger partial charge on any atom is -0.478 e. The van der Waals surface area contributed by atoms with E-state index in [9.17, 15) is 13.2 Å². The highest BCUT2D eigenvalue weighted by atomic mass is 32.2. The number of benzene rings is 1. The summed E-state index contributed by atoms with van der Waals surface area (Å²) in [6.07, 6.45) is 3.12. The molecule has 0 unspecified atom stereocenters. The summed E-state index contributed by atoms with van der Waals surface area (Å²) in [5.41, 5.74) is 2.17. The molecule has 102 valence electrons. The number of carboxylic acids is 1. The van der Waals surface area contributed by atoms with Crippen LogP contribution < -0.4 is 4.31 Å². The average Bonchev–Trinajstić information content (AvgIpc) is 2.65. The summed E-state index contributed by atoms with van der Waals surface area (Å²) < 4.78 is 25.1. The zero-order chi connectivity index (χ0) is 14.0. The van der Waals surface area contributed by atoms with Crippen LogP contribution in [0.15, 0.2) is 24.3 Å². The maximum atomic E-state index is 11.9. The summed E-state index contributed by atoms with van der Waals surface area (Å²) in [5, 5.41) is 8.61. The van der Waals surface area contributed by atoms with Crippen molar-refractivity contribution in [2.24, 2.45) is 0 Å². The van der Waals surface area contributed by atoms with Crippen LogP contribution in [0.1, 0.15) is 17.5 Å². The van der Waals surface area contributed by atoms with Crippen molar-refractivity contribution >= 4 is 27.8 Å². The number of sulfonamides is 1. The van der Waals surface area contributed by atoms with E-state index >= 15 is 0 Å². The summed E-state index contributed by atoms with van der Waals surface area (Å²) in [5.74, 6) is -0.863. The van der Waals surface area contributed by atoms with Crippen LogP contribution in [0.2, 0.25) is 0 Å². The van der Waals surface area contributed by atoms with Crippen LogP contribution in [0.25, 0.3) is 6.08 Å². The zero-order valence-electron chi connectivity index (χ0n) is 10.5. The number of hydrogen-bond donors (Lipinski definition) is 1. The summed E-state index contributed by atoms with van der Waals surface area (Å²) in [7, 11) is -3.21. The summed E-state index contributed by atoms with van der Waals surface area (Å²) in [6.45, 7) is 2.33. The van der Waals surface area contributed by atoms with E-state index < -0.39 is 16.0 Å². The number of carboxylic acid groups (broad SMARTS) is 1. The third-order valence-electron chi connectivity index (χ3n) is 2.89. The third kappa shape index (κ3) is 3.14. The highest BCUT2D eigenvalue weighted by molar-refractivity contribution is 7.93. The normalized spacial score (nSPS) is 18.1. The molecule has 0 amide bonds. The van der Waals surface area contributed by atoms with Gasteiger partial charge in [0.25, 0.3) is 0 Å². The van der Waals surface area contributed by atoms with Crippen molar-refractivity contribution in [3.8, 4) is 0 Å². The Balaban J connectivity index is 2.39. The van der Waals surface area contributed by atoms with Gasteiger partial charge in [-0.3, -0.25) is 4.31 Å². The van der Waals surface area contributed by atoms with E-state index in [0.717, 1.165) is 11.6 Å². The second-order valence-electron chi connectivity index (χ2n) is 4.52. The Morgan fingerprint density at radius 2 is 2.11 bits per heavy atom. The number of anilines is 1. The summed E-state index contributed by atoms with van der Waals surface area (Å²) in [6, 6.07) is 5.29. The predicted octanol–water partition coefficient (Wildman–Crippen LogP) is 1.63. The van der Waals surface area contributed by atoms with Gasteiger partial charge in [0.05, 0.1) is 11.4 Å². The highest BCUT2D eigenvalue weighted by Crippen LogP contribution is 2.26. The lowest BCUT2D eigenvalue weighted by Gasteiger charge is -2.18. The Hall–Kier alpha value is -1.82. The highest BCUT2D eigenvalue weighted by Gasteiger charge is 2.28. The Labute approximate surface area is 112 Å². The standard InChI is InChI=1S/C13H15NO4S/c1-10-7-11(3-4-13(15)16)9-12(8-10)14-5-2-6-19(14,17)18/h3-4,7-9H,2,5-6H2,1H3,(H,15,16)/b4-3+. The lowest BCUT2D eigenvalue weighted by Crippen LogP contribution is -2.25. The van der Waals surface area contributed by atoms with E-state index in [2.05, 4.69) is 0 Å². The molecule has 0 atom stereocenters. The molecule has 6 heteroatoms. The second kappa shape index (κ2) is 5.05. The first-order chi connectivity index (χ1) is 8.88. The van der Waals surface area contributed by atoms with E-state index in [-0.39, 0.29) is 5.75 Å². The average molecular weight is 281 g/mol. The smallest absolute Gasteiger partial charge is 0.328 e. The monoisotopic (exact) mass is 281 g/mol. The number of aryl methyl sites for hydroxylation is 1. The molecule has 5 nitrogen and oxygen atoms in total. The first kappa shape index (κ1) is 13.6. The van der Waals surface area contributed by atoms with Gasteiger partial charge in [-0.25, -0.2) is 13.2 Å². The Kier molecular flexibility index (Phi) is 3.61. The van der Waals surface area contributed by atoms with Crippen LogP contribution in [-0.4, -0.2) is 31.8 Å². The van der Waals surface area contributed by atoms with Gasteiger partial charge in [0.15, 0.2) is 0 Å². The van der Waals surface area contributed by atoms with Gasteiger partial charge in [-0.2, -0.15) is 0 Å². The maximum absolute atomic E-state index is 11.9. The van der Waals surface area contributed by atoms with Crippen LogP contribution in [0.3, 0.4) is 0 Å². The van der Waals surface area contributed by atoms with E-state index in [1.165, 1.54) is 10.4 Å². The SMILES string of the molecule is Cc1cc(/C=C/C(=O)O)cc(N2CCCS2(=O)=O)c1. The fourth-order valence-corrected chi connectivity index (χ4v) is 3.68. The minimum absolute atomic E-state index is 0.168. The number of nitrogens with zero attached hydrogens (tertiary/aromatic N) is 1. The molecule has 1 aromatic carbocycles. The minimum atomic E-state index is -3.21. The van der Waals surface area contributed by atoms with Crippen molar-refractivity contribution in [1.29, 1.82) is 0 Å². The van der Waals surface area contributed by atoms with Crippen molar-refractivity contribution in [2.75, 3.05) is 16.6 Å². The molecule has 0 aliphatic carbocycles. The van der Waals surface area contributed by atoms with Gasteiger partial charge in [-0.1, -0.05) is 6.07 Å². The Morgan fingerprint density at radius 3 is 2.68 bits per heavy atom. The molecular weight excluding hydrogens is 266 g/mol. The molecule has 19 heavy (non-hydrogen) atoms. The molecule has 1 aliphatic rings. The molecule has 1 aliphatic heterocycles. The van der Waals surface area contributed by atoms with Crippen molar-refractivity contribution in [2.45, 2.75) is 13.3 Å². The molecule has 1 saturated heterocycles. The van der Waals surface area contributed by atoms with Crippen molar-refractivity contribution in [3.63, 3.8) is 0 Å². The van der Waals surface area contributed by atoms with Gasteiger partial charge in [0.1, 0.15) is 0 Å². The van der Waals surface area contributed by atoms with Crippen LogP contribution in [0.5, 0.6) is 0 Å². The Bertz CT molecular complexity index is 634. The first-order valence-corrected chi connectivity index (χ1v) is 7.52. The molecule has 1 fully saturated rings. The van der Waals surface area contributed by atoms with Crippen molar-refractivity contribution in [3.05, 3.63) is 35.4 Å². The fraction of sp³-hybridized carbons (Fsp3) is 0.308.